The molecule has 4 rings (SSSR count). The van der Waals surface area contributed by atoms with Crippen molar-refractivity contribution in [2.45, 2.75) is 49.9 Å². The van der Waals surface area contributed by atoms with Crippen LogP contribution in [0.25, 0.3) is 0 Å². The lowest BCUT2D eigenvalue weighted by molar-refractivity contribution is -0.147. The summed E-state index contributed by atoms with van der Waals surface area (Å²) in [4.78, 5) is 15.0. The quantitative estimate of drug-likeness (QED) is 0.496. The third kappa shape index (κ3) is 4.65. The molecule has 4 atom stereocenters. The van der Waals surface area contributed by atoms with Crippen LogP contribution in [0.4, 0.5) is 0 Å². The van der Waals surface area contributed by atoms with Crippen LogP contribution in [0.3, 0.4) is 0 Å². The molecule has 1 aromatic rings. The van der Waals surface area contributed by atoms with Gasteiger partial charge in [0.2, 0.25) is 5.91 Å². The van der Waals surface area contributed by atoms with Gasteiger partial charge < -0.3 is 18.9 Å². The zero-order valence-corrected chi connectivity index (χ0v) is 19.6. The maximum Gasteiger partial charge on any atom is 0.230 e. The van der Waals surface area contributed by atoms with E-state index < -0.39 is 11.4 Å². The average Bonchev–Trinajstić information content (AvgIpc) is 2.81. The number of hydrogen-bond acceptors (Lipinski definition) is 5. The minimum atomic E-state index is -0.978. The minimum Gasteiger partial charge on any atom is -0.597 e. The smallest absolute Gasteiger partial charge is 0.230 e. The van der Waals surface area contributed by atoms with Crippen LogP contribution in [0.15, 0.2) is 36.4 Å². The molecule has 1 spiro atoms. The predicted molar refractivity (Wildman–Crippen MR) is 122 cm³/mol. The van der Waals surface area contributed by atoms with E-state index in [4.69, 9.17) is 9.47 Å². The van der Waals surface area contributed by atoms with Gasteiger partial charge in [-0.15, -0.1) is 4.31 Å². The van der Waals surface area contributed by atoms with Gasteiger partial charge in [0.15, 0.2) is 5.25 Å². The minimum absolute atomic E-state index is 0.0987. The molecule has 7 heteroatoms. The molecule has 1 amide bonds. The summed E-state index contributed by atoms with van der Waals surface area (Å²) in [6, 6.07) is 7.75. The van der Waals surface area contributed by atoms with Crippen molar-refractivity contribution >= 4 is 17.3 Å². The van der Waals surface area contributed by atoms with Crippen molar-refractivity contribution in [1.29, 1.82) is 0 Å². The Hall–Kier alpha value is -1.54. The highest BCUT2D eigenvalue weighted by atomic mass is 32.2. The molecule has 3 aliphatic rings. The SMILES string of the molecule is COc1ccccc1C(C)C(=O)N1CC2(CCN([S+]([O-])C3C=CC(OC)CC3)CC2)C1. The van der Waals surface area contributed by atoms with Gasteiger partial charge in [-0.3, -0.25) is 4.79 Å². The van der Waals surface area contributed by atoms with E-state index in [0.717, 1.165) is 63.2 Å². The highest BCUT2D eigenvalue weighted by molar-refractivity contribution is 7.89. The number of hydrogen-bond donors (Lipinski definition) is 0. The second-order valence-corrected chi connectivity index (χ2v) is 10.8. The van der Waals surface area contributed by atoms with Gasteiger partial charge in [0.25, 0.3) is 0 Å². The normalized spacial score (nSPS) is 27.5. The molecular formula is C24H34N2O4S. The largest absolute Gasteiger partial charge is 0.597 e. The van der Waals surface area contributed by atoms with Crippen LogP contribution in [0.5, 0.6) is 5.75 Å². The fraction of sp³-hybridized carbons (Fsp3) is 0.625. The molecule has 6 nitrogen and oxygen atoms in total. The first-order valence-electron chi connectivity index (χ1n) is 11.2. The van der Waals surface area contributed by atoms with Gasteiger partial charge in [-0.2, -0.15) is 0 Å². The number of benzene rings is 1. The number of ether oxygens (including phenoxy) is 2. The lowest BCUT2D eigenvalue weighted by Crippen LogP contribution is -2.63. The standard InChI is InChI=1S/C24H34N2O4S/c1-18(21-6-4-5-7-22(21)30-3)23(27)25-16-24(17-25)12-14-26(15-13-24)31(28)20-10-8-19(29-2)9-11-20/h4-8,10,18-20H,9,11-17H2,1-3H3. The van der Waals surface area contributed by atoms with Crippen molar-refractivity contribution in [3.05, 3.63) is 42.0 Å². The summed E-state index contributed by atoms with van der Waals surface area (Å²) in [5.41, 5.74) is 1.14. The van der Waals surface area contributed by atoms with Crippen LogP contribution in [-0.4, -0.2) is 71.4 Å². The summed E-state index contributed by atoms with van der Waals surface area (Å²) >= 11 is -0.978. The summed E-state index contributed by atoms with van der Waals surface area (Å²) in [6.45, 7) is 5.27. The van der Waals surface area contributed by atoms with Crippen LogP contribution < -0.4 is 4.74 Å². The van der Waals surface area contributed by atoms with Gasteiger partial charge >= 0.3 is 0 Å². The first-order valence-corrected chi connectivity index (χ1v) is 12.4. The van der Waals surface area contributed by atoms with E-state index in [1.54, 1.807) is 14.2 Å². The Balaban J connectivity index is 1.28. The van der Waals surface area contributed by atoms with Crippen molar-refractivity contribution in [3.63, 3.8) is 0 Å². The number of methoxy groups -OCH3 is 2. The molecule has 4 unspecified atom stereocenters. The Labute approximate surface area is 188 Å². The molecule has 0 saturated carbocycles. The Morgan fingerprint density at radius 3 is 2.48 bits per heavy atom. The van der Waals surface area contributed by atoms with Crippen LogP contribution >= 0.6 is 0 Å². The molecule has 0 radical (unpaired) electrons. The molecule has 170 valence electrons. The van der Waals surface area contributed by atoms with E-state index in [2.05, 4.69) is 16.5 Å². The molecular weight excluding hydrogens is 412 g/mol. The van der Waals surface area contributed by atoms with Crippen LogP contribution in [0.1, 0.15) is 44.1 Å². The molecule has 2 saturated heterocycles. The molecule has 2 aliphatic heterocycles. The number of rotatable bonds is 6. The van der Waals surface area contributed by atoms with E-state index in [-0.39, 0.29) is 28.6 Å². The molecule has 1 aliphatic carbocycles. The molecule has 0 bridgehead atoms. The van der Waals surface area contributed by atoms with Gasteiger partial charge in [0, 0.05) is 62.0 Å². The summed E-state index contributed by atoms with van der Waals surface area (Å²) in [5, 5.41) is 0.0987. The van der Waals surface area contributed by atoms with Crippen LogP contribution in [-0.2, 0) is 20.9 Å². The van der Waals surface area contributed by atoms with Crippen LogP contribution in [0.2, 0.25) is 0 Å². The van der Waals surface area contributed by atoms with Crippen LogP contribution in [0, 0.1) is 5.41 Å². The number of likely N-dealkylation sites (tertiary alicyclic amines) is 1. The van der Waals surface area contributed by atoms with Crippen molar-refractivity contribution in [3.8, 4) is 5.75 Å². The van der Waals surface area contributed by atoms with Crippen molar-refractivity contribution in [2.75, 3.05) is 40.4 Å². The monoisotopic (exact) mass is 446 g/mol. The van der Waals surface area contributed by atoms with Crippen molar-refractivity contribution in [1.82, 2.24) is 9.21 Å². The van der Waals surface area contributed by atoms with E-state index in [9.17, 15) is 9.35 Å². The number of amides is 1. The summed E-state index contributed by atoms with van der Waals surface area (Å²) in [5.74, 6) is 0.722. The van der Waals surface area contributed by atoms with E-state index in [1.165, 1.54) is 0 Å². The topological polar surface area (TPSA) is 65.1 Å². The molecule has 31 heavy (non-hydrogen) atoms. The van der Waals surface area contributed by atoms with Gasteiger partial charge in [-0.25, -0.2) is 0 Å². The summed E-state index contributed by atoms with van der Waals surface area (Å²) < 4.78 is 25.9. The second kappa shape index (κ2) is 9.53. The maximum atomic E-state index is 13.0. The Kier molecular flexibility index (Phi) is 6.96. The van der Waals surface area contributed by atoms with E-state index in [0.29, 0.717) is 0 Å². The number of para-hydroxylation sites is 1. The first-order chi connectivity index (χ1) is 15.0. The summed E-state index contributed by atoms with van der Waals surface area (Å²) in [6.07, 6.45) is 8.13. The van der Waals surface area contributed by atoms with Crippen molar-refractivity contribution < 1.29 is 18.8 Å². The number of carbonyl (C=O) groups excluding carboxylic acids is 1. The molecule has 0 aromatic heterocycles. The third-order valence-corrected chi connectivity index (χ3v) is 9.00. The third-order valence-electron chi connectivity index (χ3n) is 7.22. The van der Waals surface area contributed by atoms with Gasteiger partial charge in [0.1, 0.15) is 5.75 Å². The molecule has 2 fully saturated rings. The lowest BCUT2D eigenvalue weighted by atomic mass is 9.72. The van der Waals surface area contributed by atoms with Crippen molar-refractivity contribution in [2.24, 2.45) is 5.41 Å². The van der Waals surface area contributed by atoms with Gasteiger partial charge in [-0.05, 0) is 38.3 Å². The van der Waals surface area contributed by atoms with E-state index in [1.807, 2.05) is 36.1 Å². The van der Waals surface area contributed by atoms with Gasteiger partial charge in [-0.1, -0.05) is 24.3 Å². The average molecular weight is 447 g/mol. The molecule has 1 aromatic carbocycles. The molecule has 0 N–H and O–H groups in total. The Morgan fingerprint density at radius 1 is 1.16 bits per heavy atom. The Morgan fingerprint density at radius 2 is 1.87 bits per heavy atom. The fourth-order valence-electron chi connectivity index (χ4n) is 5.13. The first kappa shape index (κ1) is 22.6. The predicted octanol–water partition coefficient (Wildman–Crippen LogP) is 3.12. The zero-order valence-electron chi connectivity index (χ0n) is 18.8. The van der Waals surface area contributed by atoms with E-state index >= 15 is 0 Å². The Bertz CT molecular complexity index is 801. The number of nitrogens with zero attached hydrogens (tertiary/aromatic N) is 2. The van der Waals surface area contributed by atoms with Gasteiger partial charge in [0.05, 0.1) is 19.1 Å². The highest BCUT2D eigenvalue weighted by Crippen LogP contribution is 2.43. The maximum absolute atomic E-state index is 13.0. The molecule has 2 heterocycles. The fourth-order valence-corrected chi connectivity index (χ4v) is 6.62. The zero-order chi connectivity index (χ0) is 22.0. The number of piperidine rings is 1. The summed E-state index contributed by atoms with van der Waals surface area (Å²) in [7, 11) is 3.37. The lowest BCUT2D eigenvalue weighted by Gasteiger charge is -2.54. The number of carbonyl (C=O) groups is 1. The highest BCUT2D eigenvalue weighted by Gasteiger charge is 2.49. The second-order valence-electron chi connectivity index (χ2n) is 9.14.